The molecule has 1 amide bonds. The molecule has 116 valence electrons. The number of hydrogen-bond acceptors (Lipinski definition) is 6. The second-order valence-corrected chi connectivity index (χ2v) is 6.18. The van der Waals surface area contributed by atoms with E-state index in [0.717, 1.165) is 27.4 Å². The zero-order valence-electron chi connectivity index (χ0n) is 13.0. The summed E-state index contributed by atoms with van der Waals surface area (Å²) in [6.45, 7) is 5.62. The largest absolute Gasteiger partial charge is 0.304 e. The summed E-state index contributed by atoms with van der Waals surface area (Å²) in [7, 11) is 0. The van der Waals surface area contributed by atoms with Gasteiger partial charge in [-0.2, -0.15) is 0 Å². The molecule has 0 radical (unpaired) electrons. The van der Waals surface area contributed by atoms with Crippen LogP contribution in [0.3, 0.4) is 0 Å². The van der Waals surface area contributed by atoms with E-state index >= 15 is 0 Å². The Kier molecular flexibility index (Phi) is 4.12. The van der Waals surface area contributed by atoms with Crippen LogP contribution in [0.25, 0.3) is 11.1 Å². The van der Waals surface area contributed by atoms with Crippen molar-refractivity contribution in [2.45, 2.75) is 20.8 Å². The maximum atomic E-state index is 12.5. The van der Waals surface area contributed by atoms with Crippen LogP contribution in [-0.4, -0.2) is 25.8 Å². The van der Waals surface area contributed by atoms with E-state index in [9.17, 15) is 4.79 Å². The summed E-state index contributed by atoms with van der Waals surface area (Å²) in [5.74, 6) is 0.277. The van der Waals surface area contributed by atoms with Crippen LogP contribution in [0.2, 0.25) is 0 Å². The van der Waals surface area contributed by atoms with Gasteiger partial charge in [-0.15, -0.1) is 11.3 Å². The molecule has 6 nitrogen and oxygen atoms in total. The van der Waals surface area contributed by atoms with Crippen LogP contribution in [0, 0.1) is 20.8 Å². The van der Waals surface area contributed by atoms with Crippen LogP contribution in [0.1, 0.15) is 26.8 Å². The first-order valence-electron chi connectivity index (χ1n) is 7.01. The third-order valence-electron chi connectivity index (χ3n) is 3.35. The summed E-state index contributed by atoms with van der Waals surface area (Å²) in [4.78, 5) is 29.2. The quantitative estimate of drug-likeness (QED) is 0.800. The molecule has 0 aliphatic heterocycles. The normalized spacial score (nSPS) is 10.6. The van der Waals surface area contributed by atoms with Crippen molar-refractivity contribution in [1.29, 1.82) is 0 Å². The fraction of sp³-hybridized carbons (Fsp3) is 0.188. The molecule has 1 N–H and O–H groups in total. The van der Waals surface area contributed by atoms with E-state index in [1.54, 1.807) is 12.4 Å². The summed E-state index contributed by atoms with van der Waals surface area (Å²) < 4.78 is 0. The number of thiazole rings is 1. The van der Waals surface area contributed by atoms with Crippen molar-refractivity contribution in [2.75, 3.05) is 5.32 Å². The third-order valence-corrected chi connectivity index (χ3v) is 4.12. The lowest BCUT2D eigenvalue weighted by Crippen LogP contribution is -2.16. The summed E-state index contributed by atoms with van der Waals surface area (Å²) in [5.41, 5.74) is 3.69. The number of hydrogen-bond donors (Lipinski definition) is 1. The van der Waals surface area contributed by atoms with Gasteiger partial charge in [-0.05, 0) is 38.0 Å². The average Bonchev–Trinajstić information content (AvgIpc) is 2.95. The molecule has 7 heteroatoms. The minimum atomic E-state index is -0.269. The van der Waals surface area contributed by atoms with Gasteiger partial charge in [0.05, 0.1) is 5.01 Å². The lowest BCUT2D eigenvalue weighted by atomic mass is 10.0. The number of aryl methyl sites for hydroxylation is 2. The number of nitrogens with zero attached hydrogens (tertiary/aromatic N) is 4. The Labute approximate surface area is 137 Å². The Morgan fingerprint density at radius 1 is 1.13 bits per heavy atom. The van der Waals surface area contributed by atoms with Crippen LogP contribution >= 0.6 is 11.3 Å². The molecule has 0 saturated heterocycles. The van der Waals surface area contributed by atoms with E-state index in [-0.39, 0.29) is 5.91 Å². The van der Waals surface area contributed by atoms with Gasteiger partial charge in [0.1, 0.15) is 17.8 Å². The van der Waals surface area contributed by atoms with E-state index < -0.39 is 0 Å². The SMILES string of the molecule is Cc1cc(-c2cncnc2)c(C)c(C(=O)Nc2csc(C)n2)n1. The van der Waals surface area contributed by atoms with Crippen LogP contribution in [0.15, 0.2) is 30.2 Å². The summed E-state index contributed by atoms with van der Waals surface area (Å²) >= 11 is 1.49. The highest BCUT2D eigenvalue weighted by molar-refractivity contribution is 7.09. The number of rotatable bonds is 3. The van der Waals surface area contributed by atoms with Crippen molar-refractivity contribution in [1.82, 2.24) is 19.9 Å². The fourth-order valence-electron chi connectivity index (χ4n) is 2.29. The molecule has 3 heterocycles. The van der Waals surface area contributed by atoms with E-state index in [0.29, 0.717) is 11.5 Å². The second kappa shape index (κ2) is 6.21. The predicted octanol–water partition coefficient (Wildman–Crippen LogP) is 3.17. The highest BCUT2D eigenvalue weighted by Gasteiger charge is 2.17. The van der Waals surface area contributed by atoms with Gasteiger partial charge in [-0.25, -0.2) is 19.9 Å². The smallest absolute Gasteiger partial charge is 0.275 e. The maximum absolute atomic E-state index is 12.5. The molecule has 3 aromatic rings. The molecule has 0 bridgehead atoms. The standard InChI is InChI=1S/C16H15N5OS/c1-9-4-13(12-5-17-8-18-6-12)10(2)15(19-9)16(22)21-14-7-23-11(3)20-14/h4-8H,1-3H3,(H,21,22). The van der Waals surface area contributed by atoms with Crippen molar-refractivity contribution in [3.05, 3.63) is 52.1 Å². The van der Waals surface area contributed by atoms with Crippen molar-refractivity contribution in [2.24, 2.45) is 0 Å². The van der Waals surface area contributed by atoms with Crippen molar-refractivity contribution in [3.63, 3.8) is 0 Å². The maximum Gasteiger partial charge on any atom is 0.275 e. The molecule has 0 aliphatic rings. The van der Waals surface area contributed by atoms with Gasteiger partial charge >= 0.3 is 0 Å². The van der Waals surface area contributed by atoms with E-state index in [2.05, 4.69) is 25.3 Å². The Bertz CT molecular complexity index is 860. The van der Waals surface area contributed by atoms with Gasteiger partial charge in [0.15, 0.2) is 0 Å². The Morgan fingerprint density at radius 2 is 1.87 bits per heavy atom. The summed E-state index contributed by atoms with van der Waals surface area (Å²) in [6, 6.07) is 1.93. The number of nitrogens with one attached hydrogen (secondary N) is 1. The highest BCUT2D eigenvalue weighted by atomic mass is 32.1. The van der Waals surface area contributed by atoms with Gasteiger partial charge in [-0.3, -0.25) is 4.79 Å². The Hall–Kier alpha value is -2.67. The first kappa shape index (κ1) is 15.2. The summed E-state index contributed by atoms with van der Waals surface area (Å²) in [6.07, 6.45) is 4.92. The van der Waals surface area contributed by atoms with Gasteiger partial charge in [0, 0.05) is 29.0 Å². The van der Waals surface area contributed by atoms with E-state index in [4.69, 9.17) is 0 Å². The molecule has 3 aromatic heterocycles. The fourth-order valence-corrected chi connectivity index (χ4v) is 2.84. The third kappa shape index (κ3) is 3.24. The van der Waals surface area contributed by atoms with Gasteiger partial charge in [0.25, 0.3) is 5.91 Å². The molecular formula is C16H15N5OS. The molecule has 3 rings (SSSR count). The molecule has 0 saturated carbocycles. The molecular weight excluding hydrogens is 310 g/mol. The van der Waals surface area contributed by atoms with Crippen LogP contribution in [-0.2, 0) is 0 Å². The van der Waals surface area contributed by atoms with Crippen molar-refractivity contribution < 1.29 is 4.79 Å². The predicted molar refractivity (Wildman–Crippen MR) is 89.5 cm³/mol. The van der Waals surface area contributed by atoms with Gasteiger partial charge in [0.2, 0.25) is 0 Å². The van der Waals surface area contributed by atoms with Crippen molar-refractivity contribution >= 4 is 23.1 Å². The molecule has 0 fully saturated rings. The number of amides is 1. The lowest BCUT2D eigenvalue weighted by Gasteiger charge is -2.11. The molecule has 0 aliphatic carbocycles. The highest BCUT2D eigenvalue weighted by Crippen LogP contribution is 2.25. The second-order valence-electron chi connectivity index (χ2n) is 5.12. The number of anilines is 1. The minimum absolute atomic E-state index is 0.269. The lowest BCUT2D eigenvalue weighted by molar-refractivity contribution is 0.102. The number of carbonyl (C=O) groups excluding carboxylic acids is 1. The molecule has 0 spiro atoms. The monoisotopic (exact) mass is 325 g/mol. The Morgan fingerprint density at radius 3 is 2.52 bits per heavy atom. The molecule has 0 atom stereocenters. The minimum Gasteiger partial charge on any atom is -0.304 e. The van der Waals surface area contributed by atoms with Crippen LogP contribution in [0.4, 0.5) is 5.82 Å². The van der Waals surface area contributed by atoms with E-state index in [1.165, 1.54) is 17.7 Å². The van der Waals surface area contributed by atoms with Gasteiger partial charge in [-0.1, -0.05) is 0 Å². The first-order valence-corrected chi connectivity index (χ1v) is 7.89. The topological polar surface area (TPSA) is 80.7 Å². The number of carbonyl (C=O) groups is 1. The number of pyridine rings is 1. The zero-order valence-corrected chi connectivity index (χ0v) is 13.8. The molecule has 0 aromatic carbocycles. The van der Waals surface area contributed by atoms with Gasteiger partial charge < -0.3 is 5.32 Å². The average molecular weight is 325 g/mol. The van der Waals surface area contributed by atoms with Crippen LogP contribution < -0.4 is 5.32 Å². The summed E-state index contributed by atoms with van der Waals surface area (Å²) in [5, 5.41) is 5.50. The zero-order chi connectivity index (χ0) is 16.4. The van der Waals surface area contributed by atoms with Crippen LogP contribution in [0.5, 0.6) is 0 Å². The van der Waals surface area contributed by atoms with E-state index in [1.807, 2.05) is 32.2 Å². The number of aromatic nitrogens is 4. The first-order chi connectivity index (χ1) is 11.0. The van der Waals surface area contributed by atoms with Crippen molar-refractivity contribution in [3.8, 4) is 11.1 Å². The molecule has 23 heavy (non-hydrogen) atoms. The molecule has 0 unspecified atom stereocenters. The Balaban J connectivity index is 1.99.